The van der Waals surface area contributed by atoms with Crippen molar-refractivity contribution in [1.29, 1.82) is 0 Å². The maximum absolute atomic E-state index is 11.9. The highest BCUT2D eigenvalue weighted by atomic mass is 127. The lowest BCUT2D eigenvalue weighted by molar-refractivity contribution is -0.384. The predicted molar refractivity (Wildman–Crippen MR) is 73.4 cm³/mol. The molecule has 2 aromatic rings. The van der Waals surface area contributed by atoms with Gasteiger partial charge in [0.2, 0.25) is 0 Å². The fraction of sp³-hybridized carbons (Fsp3) is 0.100. The number of hydrogen-bond acceptors (Lipinski definition) is 5. The Labute approximate surface area is 120 Å². The van der Waals surface area contributed by atoms with E-state index in [0.29, 0.717) is 9.39 Å². The van der Waals surface area contributed by atoms with Crippen molar-refractivity contribution < 1.29 is 9.72 Å². The third-order valence-corrected chi connectivity index (χ3v) is 3.23. The number of nitro groups is 1. The Morgan fingerprint density at radius 2 is 2.32 bits per heavy atom. The van der Waals surface area contributed by atoms with Gasteiger partial charge in [-0.1, -0.05) is 0 Å². The van der Waals surface area contributed by atoms with Gasteiger partial charge < -0.3 is 5.32 Å². The number of halogens is 1. The normalized spacial score (nSPS) is 10.2. The van der Waals surface area contributed by atoms with Crippen LogP contribution in [0, 0.1) is 13.7 Å². The lowest BCUT2D eigenvalue weighted by Gasteiger charge is -2.05. The third kappa shape index (κ3) is 3.24. The number of rotatable bonds is 4. The first-order chi connectivity index (χ1) is 9.08. The Hall–Kier alpha value is -2.04. The van der Waals surface area contributed by atoms with E-state index in [0.717, 1.165) is 0 Å². The molecule has 0 radical (unpaired) electrons. The minimum atomic E-state index is -0.538. The second-order valence-corrected chi connectivity index (χ2v) is 4.70. The zero-order chi connectivity index (χ0) is 13.8. The largest absolute Gasteiger partial charge is 0.345 e. The van der Waals surface area contributed by atoms with Crippen LogP contribution in [0.2, 0.25) is 0 Å². The number of aromatic nitrogens is 3. The molecule has 2 N–H and O–H groups in total. The van der Waals surface area contributed by atoms with Crippen molar-refractivity contribution >= 4 is 34.2 Å². The van der Waals surface area contributed by atoms with Crippen LogP contribution in [0.3, 0.4) is 0 Å². The first-order valence-corrected chi connectivity index (χ1v) is 6.22. The average molecular weight is 373 g/mol. The van der Waals surface area contributed by atoms with Crippen LogP contribution in [0.4, 0.5) is 5.69 Å². The van der Waals surface area contributed by atoms with Crippen LogP contribution < -0.4 is 5.32 Å². The molecule has 1 aromatic heterocycles. The number of carbonyl (C=O) groups is 1. The Kier molecular flexibility index (Phi) is 4.04. The van der Waals surface area contributed by atoms with Gasteiger partial charge in [-0.05, 0) is 28.7 Å². The van der Waals surface area contributed by atoms with Crippen LogP contribution in [-0.4, -0.2) is 26.0 Å². The summed E-state index contributed by atoms with van der Waals surface area (Å²) in [6.45, 7) is 0.178. The SMILES string of the molecule is O=C(NCc1ncn[nH]1)c1cc([N+](=O)[O-])ccc1I. The summed E-state index contributed by atoms with van der Waals surface area (Å²) in [5.74, 6) is 0.110. The van der Waals surface area contributed by atoms with Gasteiger partial charge in [-0.15, -0.1) is 0 Å². The zero-order valence-electron chi connectivity index (χ0n) is 9.46. The van der Waals surface area contributed by atoms with Gasteiger partial charge in [-0.2, -0.15) is 5.10 Å². The number of H-pyrrole nitrogens is 1. The quantitative estimate of drug-likeness (QED) is 0.476. The molecule has 0 aliphatic heterocycles. The standard InChI is InChI=1S/C10H8IN5O3/c11-8-2-1-6(16(18)19)3-7(8)10(17)12-4-9-13-5-14-15-9/h1-3,5H,4H2,(H,12,17)(H,13,14,15). The van der Waals surface area contributed by atoms with Crippen LogP contribution in [0.1, 0.15) is 16.2 Å². The summed E-state index contributed by atoms with van der Waals surface area (Å²) in [5.41, 5.74) is 0.138. The maximum atomic E-state index is 11.9. The summed E-state index contributed by atoms with van der Waals surface area (Å²) in [4.78, 5) is 25.9. The molecule has 0 spiro atoms. The van der Waals surface area contributed by atoms with Crippen molar-refractivity contribution in [2.45, 2.75) is 6.54 Å². The van der Waals surface area contributed by atoms with E-state index in [1.165, 1.54) is 24.5 Å². The van der Waals surface area contributed by atoms with Crippen LogP contribution >= 0.6 is 22.6 Å². The molecule has 1 aromatic carbocycles. The van der Waals surface area contributed by atoms with Crippen LogP contribution in [-0.2, 0) is 6.54 Å². The molecule has 0 aliphatic rings. The summed E-state index contributed by atoms with van der Waals surface area (Å²) in [5, 5.41) is 19.5. The number of carbonyl (C=O) groups excluding carboxylic acids is 1. The van der Waals surface area contributed by atoms with E-state index in [9.17, 15) is 14.9 Å². The number of nitro benzene ring substituents is 1. The van der Waals surface area contributed by atoms with E-state index < -0.39 is 10.8 Å². The number of amides is 1. The lowest BCUT2D eigenvalue weighted by atomic mass is 10.2. The summed E-state index contributed by atoms with van der Waals surface area (Å²) < 4.78 is 0.637. The Morgan fingerprint density at radius 1 is 1.53 bits per heavy atom. The first-order valence-electron chi connectivity index (χ1n) is 5.14. The molecule has 0 unspecified atom stereocenters. The number of non-ortho nitro benzene ring substituents is 1. The predicted octanol–water partition coefficient (Wildman–Crippen LogP) is 1.25. The summed E-state index contributed by atoms with van der Waals surface area (Å²) in [6, 6.07) is 4.13. The Morgan fingerprint density at radius 3 is 2.95 bits per heavy atom. The zero-order valence-corrected chi connectivity index (χ0v) is 11.6. The minimum absolute atomic E-state index is 0.120. The van der Waals surface area contributed by atoms with Crippen LogP contribution in [0.5, 0.6) is 0 Å². The molecule has 0 bridgehead atoms. The molecule has 0 saturated heterocycles. The fourth-order valence-corrected chi connectivity index (χ4v) is 1.96. The van der Waals surface area contributed by atoms with Gasteiger partial charge >= 0.3 is 0 Å². The molecule has 1 heterocycles. The van der Waals surface area contributed by atoms with E-state index >= 15 is 0 Å². The fourth-order valence-electron chi connectivity index (χ4n) is 1.38. The van der Waals surface area contributed by atoms with Crippen molar-refractivity contribution in [3.8, 4) is 0 Å². The van der Waals surface area contributed by atoms with Crippen molar-refractivity contribution in [1.82, 2.24) is 20.5 Å². The van der Waals surface area contributed by atoms with E-state index in [2.05, 4.69) is 20.5 Å². The number of nitrogens with zero attached hydrogens (tertiary/aromatic N) is 3. The molecule has 0 aliphatic carbocycles. The van der Waals surface area contributed by atoms with Crippen molar-refractivity contribution in [3.05, 3.63) is 49.6 Å². The summed E-state index contributed by atoms with van der Waals surface area (Å²) >= 11 is 1.95. The van der Waals surface area contributed by atoms with Gasteiger partial charge in [0.1, 0.15) is 12.2 Å². The van der Waals surface area contributed by atoms with Gasteiger partial charge in [-0.3, -0.25) is 20.0 Å². The molecule has 98 valence electrons. The Balaban J connectivity index is 2.14. The number of hydrogen-bond donors (Lipinski definition) is 2. The highest BCUT2D eigenvalue weighted by Gasteiger charge is 2.15. The molecular weight excluding hydrogens is 365 g/mol. The number of aromatic amines is 1. The molecule has 9 heteroatoms. The molecule has 19 heavy (non-hydrogen) atoms. The molecular formula is C10H8IN5O3. The van der Waals surface area contributed by atoms with E-state index in [-0.39, 0.29) is 17.8 Å². The average Bonchev–Trinajstić information content (AvgIpc) is 2.89. The highest BCUT2D eigenvalue weighted by Crippen LogP contribution is 2.19. The second kappa shape index (κ2) is 5.73. The molecule has 0 atom stereocenters. The summed E-state index contributed by atoms with van der Waals surface area (Å²) in [7, 11) is 0. The third-order valence-electron chi connectivity index (χ3n) is 2.29. The molecule has 2 rings (SSSR count). The lowest BCUT2D eigenvalue weighted by Crippen LogP contribution is -2.24. The van der Waals surface area contributed by atoms with E-state index in [4.69, 9.17) is 0 Å². The minimum Gasteiger partial charge on any atom is -0.345 e. The van der Waals surface area contributed by atoms with Crippen molar-refractivity contribution in [3.63, 3.8) is 0 Å². The van der Waals surface area contributed by atoms with Gasteiger partial charge in [0.15, 0.2) is 0 Å². The van der Waals surface area contributed by atoms with Gasteiger partial charge in [0, 0.05) is 15.7 Å². The molecule has 1 amide bonds. The molecule has 0 fully saturated rings. The van der Waals surface area contributed by atoms with Gasteiger partial charge in [0.25, 0.3) is 11.6 Å². The van der Waals surface area contributed by atoms with Crippen LogP contribution in [0.25, 0.3) is 0 Å². The van der Waals surface area contributed by atoms with E-state index in [1.807, 2.05) is 22.6 Å². The second-order valence-electron chi connectivity index (χ2n) is 3.54. The monoisotopic (exact) mass is 373 g/mol. The maximum Gasteiger partial charge on any atom is 0.270 e. The smallest absolute Gasteiger partial charge is 0.270 e. The number of nitrogens with one attached hydrogen (secondary N) is 2. The van der Waals surface area contributed by atoms with E-state index in [1.54, 1.807) is 0 Å². The Bertz CT molecular complexity index is 614. The van der Waals surface area contributed by atoms with Crippen molar-refractivity contribution in [2.75, 3.05) is 0 Å². The molecule has 0 saturated carbocycles. The van der Waals surface area contributed by atoms with Gasteiger partial charge in [-0.25, -0.2) is 4.98 Å². The van der Waals surface area contributed by atoms with Crippen molar-refractivity contribution in [2.24, 2.45) is 0 Å². The summed E-state index contributed by atoms with van der Waals surface area (Å²) in [6.07, 6.45) is 1.33. The first kappa shape index (κ1) is 13.4. The topological polar surface area (TPSA) is 114 Å². The van der Waals surface area contributed by atoms with Gasteiger partial charge in [0.05, 0.1) is 17.0 Å². The molecule has 8 nitrogen and oxygen atoms in total. The van der Waals surface area contributed by atoms with Crippen LogP contribution in [0.15, 0.2) is 24.5 Å². The number of benzene rings is 1. The highest BCUT2D eigenvalue weighted by molar-refractivity contribution is 14.1.